The number of hydrogen-bond donors (Lipinski definition) is 0. The molecule has 0 atom stereocenters. The standard InChI is InChI=1S/C7H8O.CH3O.Na/c1-8-7-5-3-2-4-6-7;1-2;/h2-6H,1H3;1H3;/q;-1;+1. The third-order valence-corrected chi connectivity index (χ3v) is 0.979. The first-order chi connectivity index (χ1) is 4.93. The summed E-state index contributed by atoms with van der Waals surface area (Å²) in [5, 5.41) is 8.25. The van der Waals surface area contributed by atoms with Crippen LogP contribution in [0, 0.1) is 0 Å². The predicted molar refractivity (Wildman–Crippen MR) is 38.9 cm³/mol. The van der Waals surface area contributed by atoms with Crippen molar-refractivity contribution in [2.24, 2.45) is 0 Å². The molecule has 0 heterocycles. The Balaban J connectivity index is 0. The largest absolute Gasteiger partial charge is 1.00 e. The van der Waals surface area contributed by atoms with Crippen LogP contribution in [0.15, 0.2) is 30.3 Å². The van der Waals surface area contributed by atoms with Crippen molar-refractivity contribution in [1.29, 1.82) is 0 Å². The molecular formula is C8H11NaO2. The monoisotopic (exact) mass is 162 g/mol. The van der Waals surface area contributed by atoms with Gasteiger partial charge in [-0.2, -0.15) is 7.11 Å². The van der Waals surface area contributed by atoms with E-state index in [1.54, 1.807) is 7.11 Å². The minimum absolute atomic E-state index is 0. The van der Waals surface area contributed by atoms with E-state index in [1.807, 2.05) is 30.3 Å². The van der Waals surface area contributed by atoms with Crippen LogP contribution in [0.1, 0.15) is 0 Å². The molecule has 0 amide bonds. The summed E-state index contributed by atoms with van der Waals surface area (Å²) in [6.45, 7) is 0. The SMILES string of the molecule is COc1ccccc1.C[O-].[Na+]. The van der Waals surface area contributed by atoms with Crippen LogP contribution < -0.4 is 39.4 Å². The van der Waals surface area contributed by atoms with E-state index < -0.39 is 0 Å². The quantitative estimate of drug-likeness (QED) is 0.434. The topological polar surface area (TPSA) is 32.3 Å². The van der Waals surface area contributed by atoms with Crippen LogP contribution in [0.5, 0.6) is 5.75 Å². The van der Waals surface area contributed by atoms with E-state index in [4.69, 9.17) is 9.84 Å². The zero-order valence-corrected chi connectivity index (χ0v) is 9.20. The van der Waals surface area contributed by atoms with Crippen molar-refractivity contribution in [3.8, 4) is 5.75 Å². The molecule has 0 aliphatic carbocycles. The smallest absolute Gasteiger partial charge is 0.857 e. The van der Waals surface area contributed by atoms with Crippen LogP contribution in [-0.2, 0) is 0 Å². The van der Waals surface area contributed by atoms with Gasteiger partial charge in [0.15, 0.2) is 0 Å². The second kappa shape index (κ2) is 9.98. The third-order valence-electron chi connectivity index (χ3n) is 0.979. The molecule has 0 aliphatic rings. The maximum atomic E-state index is 8.25. The molecule has 11 heavy (non-hydrogen) atoms. The van der Waals surface area contributed by atoms with Gasteiger partial charge in [-0.1, -0.05) is 18.2 Å². The molecule has 0 radical (unpaired) electrons. The fourth-order valence-electron chi connectivity index (χ4n) is 0.557. The Bertz CT molecular complexity index is 153. The summed E-state index contributed by atoms with van der Waals surface area (Å²) in [4.78, 5) is 0. The van der Waals surface area contributed by atoms with Crippen LogP contribution in [-0.4, -0.2) is 14.2 Å². The summed E-state index contributed by atoms with van der Waals surface area (Å²) < 4.78 is 4.91. The summed E-state index contributed by atoms with van der Waals surface area (Å²) in [5.41, 5.74) is 0. The van der Waals surface area contributed by atoms with E-state index in [-0.39, 0.29) is 29.6 Å². The first-order valence-corrected chi connectivity index (χ1v) is 2.93. The number of methoxy groups -OCH3 is 1. The predicted octanol–water partition coefficient (Wildman–Crippen LogP) is -2.32. The van der Waals surface area contributed by atoms with Crippen molar-refractivity contribution in [1.82, 2.24) is 0 Å². The minimum Gasteiger partial charge on any atom is -0.857 e. The number of hydrogen-bond acceptors (Lipinski definition) is 2. The van der Waals surface area contributed by atoms with E-state index in [0.717, 1.165) is 12.9 Å². The molecule has 0 N–H and O–H groups in total. The molecule has 56 valence electrons. The molecule has 1 aromatic rings. The van der Waals surface area contributed by atoms with Crippen molar-refractivity contribution >= 4 is 0 Å². The second-order valence-electron chi connectivity index (χ2n) is 1.52. The third kappa shape index (κ3) is 6.38. The van der Waals surface area contributed by atoms with Gasteiger partial charge >= 0.3 is 29.6 Å². The average molecular weight is 162 g/mol. The fraction of sp³-hybridized carbons (Fsp3) is 0.250. The number of benzene rings is 1. The van der Waals surface area contributed by atoms with Crippen molar-refractivity contribution in [2.75, 3.05) is 14.2 Å². The molecule has 0 saturated heterocycles. The van der Waals surface area contributed by atoms with E-state index >= 15 is 0 Å². The maximum absolute atomic E-state index is 8.25. The van der Waals surface area contributed by atoms with Crippen LogP contribution in [0.4, 0.5) is 0 Å². The molecule has 0 fully saturated rings. The van der Waals surface area contributed by atoms with Crippen LogP contribution in [0.3, 0.4) is 0 Å². The summed E-state index contributed by atoms with van der Waals surface area (Å²) in [5.74, 6) is 0.910. The van der Waals surface area contributed by atoms with E-state index in [0.29, 0.717) is 0 Å². The molecule has 0 saturated carbocycles. The molecule has 0 unspecified atom stereocenters. The number of rotatable bonds is 1. The van der Waals surface area contributed by atoms with Gasteiger partial charge in [-0.3, -0.25) is 0 Å². The molecule has 1 rings (SSSR count). The van der Waals surface area contributed by atoms with Gasteiger partial charge in [0.1, 0.15) is 5.75 Å². The van der Waals surface area contributed by atoms with Crippen molar-refractivity contribution in [3.05, 3.63) is 30.3 Å². The first-order valence-electron chi connectivity index (χ1n) is 2.93. The van der Waals surface area contributed by atoms with Gasteiger partial charge in [-0.05, 0) is 12.1 Å². The fourth-order valence-corrected chi connectivity index (χ4v) is 0.557. The summed E-state index contributed by atoms with van der Waals surface area (Å²) >= 11 is 0. The molecule has 0 aliphatic heterocycles. The maximum Gasteiger partial charge on any atom is 1.00 e. The number of ether oxygens (including phenoxy) is 1. The normalized spacial score (nSPS) is 6.82. The molecule has 0 aromatic heterocycles. The zero-order valence-electron chi connectivity index (χ0n) is 7.20. The first kappa shape index (κ1) is 13.6. The summed E-state index contributed by atoms with van der Waals surface area (Å²) in [6.07, 6.45) is 0. The average Bonchev–Trinajstić information content (AvgIpc) is 2.10. The van der Waals surface area contributed by atoms with E-state index in [1.165, 1.54) is 0 Å². The summed E-state index contributed by atoms with van der Waals surface area (Å²) in [6, 6.07) is 9.68. The molecule has 3 heteroatoms. The summed E-state index contributed by atoms with van der Waals surface area (Å²) in [7, 11) is 2.41. The number of para-hydroxylation sites is 1. The van der Waals surface area contributed by atoms with Crippen molar-refractivity contribution < 1.29 is 39.4 Å². The Hall–Kier alpha value is -0.0200. The van der Waals surface area contributed by atoms with Crippen molar-refractivity contribution in [2.45, 2.75) is 0 Å². The Labute approximate surface area is 89.5 Å². The Kier molecular flexibility index (Phi) is 12.3. The van der Waals surface area contributed by atoms with Gasteiger partial charge in [-0.25, -0.2) is 0 Å². The van der Waals surface area contributed by atoms with Crippen LogP contribution in [0.25, 0.3) is 0 Å². The Morgan fingerprint density at radius 3 is 1.82 bits per heavy atom. The van der Waals surface area contributed by atoms with Crippen molar-refractivity contribution in [3.63, 3.8) is 0 Å². The molecule has 0 bridgehead atoms. The molecule has 1 aromatic carbocycles. The molecule has 2 nitrogen and oxygen atoms in total. The van der Waals surface area contributed by atoms with Gasteiger partial charge in [0.2, 0.25) is 0 Å². The van der Waals surface area contributed by atoms with Crippen LogP contribution >= 0.6 is 0 Å². The van der Waals surface area contributed by atoms with Gasteiger partial charge in [-0.15, -0.1) is 0 Å². The zero-order chi connectivity index (χ0) is 7.82. The van der Waals surface area contributed by atoms with Gasteiger partial charge in [0, 0.05) is 0 Å². The Morgan fingerprint density at radius 2 is 1.55 bits per heavy atom. The molecular weight excluding hydrogens is 151 g/mol. The van der Waals surface area contributed by atoms with E-state index in [2.05, 4.69) is 0 Å². The van der Waals surface area contributed by atoms with Gasteiger partial charge < -0.3 is 9.84 Å². The molecule has 0 spiro atoms. The minimum atomic E-state index is 0. The van der Waals surface area contributed by atoms with Gasteiger partial charge in [0.05, 0.1) is 7.11 Å². The van der Waals surface area contributed by atoms with Crippen LogP contribution in [0.2, 0.25) is 0 Å². The second-order valence-corrected chi connectivity index (χ2v) is 1.52. The van der Waals surface area contributed by atoms with E-state index in [9.17, 15) is 0 Å². The Morgan fingerprint density at radius 1 is 1.09 bits per heavy atom. The van der Waals surface area contributed by atoms with Gasteiger partial charge in [0.25, 0.3) is 0 Å².